The quantitative estimate of drug-likeness (QED) is 0.539. The molecule has 1 saturated carbocycles. The third-order valence-electron chi connectivity index (χ3n) is 7.24. The minimum atomic E-state index is -0.697. The summed E-state index contributed by atoms with van der Waals surface area (Å²) in [5.74, 6) is 1.12. The van der Waals surface area contributed by atoms with Crippen molar-refractivity contribution in [2.75, 3.05) is 13.1 Å². The van der Waals surface area contributed by atoms with Gasteiger partial charge in [0.15, 0.2) is 0 Å². The molecular weight excluding hydrogens is 410 g/mol. The van der Waals surface area contributed by atoms with Gasteiger partial charge >= 0.3 is 5.97 Å². The molecule has 2 fully saturated rings. The van der Waals surface area contributed by atoms with Crippen LogP contribution in [-0.2, 0) is 4.79 Å². The monoisotopic (exact) mass is 443 g/mol. The first-order valence-corrected chi connectivity index (χ1v) is 12.1. The van der Waals surface area contributed by atoms with E-state index in [4.69, 9.17) is 21.4 Å². The number of carboxylic acids is 1. The number of piperidine rings is 1. The van der Waals surface area contributed by atoms with Crippen LogP contribution < -0.4 is 4.74 Å². The van der Waals surface area contributed by atoms with Crippen LogP contribution in [0.4, 0.5) is 0 Å². The molecule has 1 aliphatic carbocycles. The maximum absolute atomic E-state index is 11.1. The van der Waals surface area contributed by atoms with Crippen LogP contribution in [-0.4, -0.2) is 35.2 Å². The summed E-state index contributed by atoms with van der Waals surface area (Å²) < 4.78 is 6.31. The predicted molar refractivity (Wildman–Crippen MR) is 126 cm³/mol. The number of carbonyl (C=O) groups is 1. The molecule has 4 rings (SSSR count). The predicted octanol–water partition coefficient (Wildman–Crippen LogP) is 6.70. The van der Waals surface area contributed by atoms with Crippen molar-refractivity contribution in [1.82, 2.24) is 4.90 Å². The zero-order chi connectivity index (χ0) is 22.0. The molecule has 1 N–H and O–H groups in total. The van der Waals surface area contributed by atoms with Crippen LogP contribution in [0.3, 0.4) is 0 Å². The minimum Gasteiger partial charge on any atom is -0.489 e. The third-order valence-corrected chi connectivity index (χ3v) is 7.63. The standard InChI is InChI=1S/C26H34ClNO3/c1-17-5-10-22(11-6-17)31-24-12-9-20-7-8-21(15-23(20)26(24)27)18(2)28-13-3-4-19(16-28)14-25(29)30/h7-9,12,15,17-19,22H,3-6,10-11,13-14,16H2,1-2H3,(H,29,30). The lowest BCUT2D eigenvalue weighted by molar-refractivity contribution is -0.138. The number of carboxylic acid groups (broad SMARTS) is 1. The van der Waals surface area contributed by atoms with Gasteiger partial charge in [0.05, 0.1) is 11.1 Å². The van der Waals surface area contributed by atoms with E-state index in [2.05, 4.69) is 43.0 Å². The second-order valence-corrected chi connectivity index (χ2v) is 10.0. The fourth-order valence-corrected chi connectivity index (χ4v) is 5.50. The number of nitrogens with zero attached hydrogens (tertiary/aromatic N) is 1. The molecule has 0 bridgehead atoms. The Morgan fingerprint density at radius 2 is 1.94 bits per heavy atom. The molecule has 0 amide bonds. The summed E-state index contributed by atoms with van der Waals surface area (Å²) in [4.78, 5) is 13.6. The van der Waals surface area contributed by atoms with E-state index in [1.165, 1.54) is 18.4 Å². The van der Waals surface area contributed by atoms with Gasteiger partial charge in [-0.15, -0.1) is 0 Å². The van der Waals surface area contributed by atoms with Gasteiger partial charge in [-0.3, -0.25) is 9.69 Å². The van der Waals surface area contributed by atoms with Crippen LogP contribution in [0.15, 0.2) is 30.3 Å². The van der Waals surface area contributed by atoms with Gasteiger partial charge in [0, 0.05) is 24.4 Å². The number of rotatable bonds is 6. The van der Waals surface area contributed by atoms with Crippen molar-refractivity contribution in [3.8, 4) is 5.75 Å². The fraction of sp³-hybridized carbons (Fsp3) is 0.577. The van der Waals surface area contributed by atoms with Crippen molar-refractivity contribution < 1.29 is 14.6 Å². The average molecular weight is 444 g/mol. The fourth-order valence-electron chi connectivity index (χ4n) is 5.23. The van der Waals surface area contributed by atoms with Crippen molar-refractivity contribution in [2.45, 2.75) is 70.9 Å². The number of aliphatic carboxylic acids is 1. The van der Waals surface area contributed by atoms with Gasteiger partial charge in [-0.2, -0.15) is 0 Å². The van der Waals surface area contributed by atoms with Crippen molar-refractivity contribution >= 4 is 28.3 Å². The zero-order valence-corrected chi connectivity index (χ0v) is 19.4. The van der Waals surface area contributed by atoms with Gasteiger partial charge in [-0.25, -0.2) is 0 Å². The number of fused-ring (bicyclic) bond motifs is 1. The largest absolute Gasteiger partial charge is 0.489 e. The summed E-state index contributed by atoms with van der Waals surface area (Å²) in [7, 11) is 0. The van der Waals surface area contributed by atoms with Crippen LogP contribution in [0, 0.1) is 11.8 Å². The topological polar surface area (TPSA) is 49.8 Å². The number of hydrogen-bond donors (Lipinski definition) is 1. The lowest BCUT2D eigenvalue weighted by atomic mass is 9.89. The molecule has 5 heteroatoms. The van der Waals surface area contributed by atoms with Crippen molar-refractivity contribution in [1.29, 1.82) is 0 Å². The Labute approximate surface area is 190 Å². The van der Waals surface area contributed by atoms with Gasteiger partial charge in [0.25, 0.3) is 0 Å². The van der Waals surface area contributed by atoms with Gasteiger partial charge in [-0.1, -0.05) is 36.7 Å². The molecule has 2 aliphatic rings. The van der Waals surface area contributed by atoms with E-state index in [0.29, 0.717) is 5.02 Å². The first kappa shape index (κ1) is 22.4. The molecule has 2 aromatic carbocycles. The van der Waals surface area contributed by atoms with Crippen LogP contribution in [0.2, 0.25) is 5.02 Å². The smallest absolute Gasteiger partial charge is 0.303 e. The van der Waals surface area contributed by atoms with Crippen molar-refractivity contribution in [2.24, 2.45) is 11.8 Å². The second kappa shape index (κ2) is 9.79. The number of likely N-dealkylation sites (tertiary alicyclic amines) is 1. The molecule has 31 heavy (non-hydrogen) atoms. The Morgan fingerprint density at radius 1 is 1.19 bits per heavy atom. The Morgan fingerprint density at radius 3 is 2.68 bits per heavy atom. The molecule has 2 atom stereocenters. The SMILES string of the molecule is CC1CCC(Oc2ccc3ccc(C(C)N4CCCC(CC(=O)O)C4)cc3c2Cl)CC1. The van der Waals surface area contributed by atoms with E-state index in [1.807, 2.05) is 6.07 Å². The van der Waals surface area contributed by atoms with Gasteiger partial charge in [0.2, 0.25) is 0 Å². The van der Waals surface area contributed by atoms with E-state index in [0.717, 1.165) is 61.2 Å². The van der Waals surface area contributed by atoms with Crippen LogP contribution in [0.25, 0.3) is 10.8 Å². The molecule has 0 aromatic heterocycles. The lowest BCUT2D eigenvalue weighted by Crippen LogP contribution is -2.37. The molecule has 1 aliphatic heterocycles. The molecule has 2 unspecified atom stereocenters. The van der Waals surface area contributed by atoms with Crippen LogP contribution in [0.5, 0.6) is 5.75 Å². The van der Waals surface area contributed by atoms with Crippen LogP contribution in [0.1, 0.15) is 70.4 Å². The Bertz CT molecular complexity index is 922. The second-order valence-electron chi connectivity index (χ2n) is 9.64. The van der Waals surface area contributed by atoms with Crippen molar-refractivity contribution in [3.63, 3.8) is 0 Å². The summed E-state index contributed by atoms with van der Waals surface area (Å²) in [5, 5.41) is 12.0. The van der Waals surface area contributed by atoms with E-state index >= 15 is 0 Å². The molecule has 0 spiro atoms. The van der Waals surface area contributed by atoms with Gasteiger partial charge in [0.1, 0.15) is 5.75 Å². The highest BCUT2D eigenvalue weighted by molar-refractivity contribution is 6.37. The maximum atomic E-state index is 11.1. The summed E-state index contributed by atoms with van der Waals surface area (Å²) in [6.45, 7) is 6.37. The number of benzene rings is 2. The maximum Gasteiger partial charge on any atom is 0.303 e. The normalized spacial score (nSPS) is 26.0. The highest BCUT2D eigenvalue weighted by Crippen LogP contribution is 2.38. The summed E-state index contributed by atoms with van der Waals surface area (Å²) in [5.41, 5.74) is 1.22. The molecule has 2 aromatic rings. The third kappa shape index (κ3) is 5.35. The number of ether oxygens (including phenoxy) is 1. The first-order chi connectivity index (χ1) is 14.9. The molecular formula is C26H34ClNO3. The highest BCUT2D eigenvalue weighted by Gasteiger charge is 2.26. The Hall–Kier alpha value is -1.78. The van der Waals surface area contributed by atoms with E-state index in [9.17, 15) is 4.79 Å². The lowest BCUT2D eigenvalue weighted by Gasteiger charge is -2.36. The summed E-state index contributed by atoms with van der Waals surface area (Å²) in [6.07, 6.45) is 7.19. The van der Waals surface area contributed by atoms with Crippen LogP contribution >= 0.6 is 11.6 Å². The molecule has 1 heterocycles. The van der Waals surface area contributed by atoms with E-state index in [1.54, 1.807) is 0 Å². The van der Waals surface area contributed by atoms with Gasteiger partial charge in [-0.05, 0) is 86.9 Å². The summed E-state index contributed by atoms with van der Waals surface area (Å²) in [6, 6.07) is 10.8. The average Bonchev–Trinajstić information content (AvgIpc) is 2.76. The van der Waals surface area contributed by atoms with E-state index < -0.39 is 5.97 Å². The molecule has 1 saturated heterocycles. The minimum absolute atomic E-state index is 0.224. The molecule has 168 valence electrons. The molecule has 4 nitrogen and oxygen atoms in total. The highest BCUT2D eigenvalue weighted by atomic mass is 35.5. The first-order valence-electron chi connectivity index (χ1n) is 11.8. The number of hydrogen-bond acceptors (Lipinski definition) is 3. The Kier molecular flexibility index (Phi) is 7.08. The summed E-state index contributed by atoms with van der Waals surface area (Å²) >= 11 is 6.83. The number of halogens is 1. The zero-order valence-electron chi connectivity index (χ0n) is 18.6. The van der Waals surface area contributed by atoms with E-state index in [-0.39, 0.29) is 24.5 Å². The van der Waals surface area contributed by atoms with Gasteiger partial charge < -0.3 is 9.84 Å². The van der Waals surface area contributed by atoms with Crippen molar-refractivity contribution in [3.05, 3.63) is 40.9 Å². The Balaban J connectivity index is 1.52. The molecule has 0 radical (unpaired) electrons.